The van der Waals surface area contributed by atoms with Crippen LogP contribution in [-0.2, 0) is 0 Å². The van der Waals surface area contributed by atoms with Gasteiger partial charge in [0.15, 0.2) is 5.78 Å². The Balaban J connectivity index is 2.32. The molecule has 2 aromatic rings. The van der Waals surface area contributed by atoms with Crippen LogP contribution in [-0.4, -0.2) is 18.2 Å². The summed E-state index contributed by atoms with van der Waals surface area (Å²) in [6.07, 6.45) is 0.911. The molecule has 0 aliphatic heterocycles. The highest BCUT2D eigenvalue weighted by atomic mass is 16.1. The Morgan fingerprint density at radius 2 is 1.43 bits per heavy atom. The number of rotatable bonds is 6. The van der Waals surface area contributed by atoms with E-state index in [1.165, 1.54) is 0 Å². The molecule has 0 saturated heterocycles. The molecule has 28 heavy (non-hydrogen) atoms. The minimum Gasteiger partial charge on any atom is -0.347 e. The van der Waals surface area contributed by atoms with Gasteiger partial charge in [0.1, 0.15) is 0 Å². The molecule has 1 amide bonds. The molecule has 0 radical (unpaired) electrons. The van der Waals surface area contributed by atoms with Crippen LogP contribution in [0.4, 0.5) is 0 Å². The molecule has 1 N–H and O–H groups in total. The van der Waals surface area contributed by atoms with Gasteiger partial charge < -0.3 is 5.32 Å². The fourth-order valence-electron chi connectivity index (χ4n) is 3.08. The van der Waals surface area contributed by atoms with E-state index in [4.69, 9.17) is 0 Å². The molecule has 0 unspecified atom stereocenters. The van der Waals surface area contributed by atoms with Crippen molar-refractivity contribution in [3.8, 4) is 0 Å². The van der Waals surface area contributed by atoms with Gasteiger partial charge >= 0.3 is 0 Å². The normalized spacial score (nSPS) is 10.8. The minimum atomic E-state index is -0.117. The fraction of sp³-hybridized carbons (Fsp3) is 0.320. The van der Waals surface area contributed by atoms with E-state index in [9.17, 15) is 9.59 Å². The standard InChI is InChI=1S/C25H29NO2/c1-18(16-25(3,4)5)15-23(21-13-11-20(12-14-21)19(2)27)17-26-24(28)22-9-7-6-8-10-22/h6-14H,16-17H2,1-5H3,(H,26,28). The van der Waals surface area contributed by atoms with Crippen molar-refractivity contribution >= 4 is 17.3 Å². The van der Waals surface area contributed by atoms with Crippen molar-refractivity contribution in [3.05, 3.63) is 82.6 Å². The number of carbonyl (C=O) groups excluding carboxylic acids is 2. The SMILES string of the molecule is CC(=O)c1ccc(C(=C=C(C)CC(C)(C)C)CNC(=O)c2ccccc2)cc1. The number of ketones is 1. The summed E-state index contributed by atoms with van der Waals surface area (Å²) in [5.41, 5.74) is 7.93. The van der Waals surface area contributed by atoms with Gasteiger partial charge in [0.25, 0.3) is 5.91 Å². The van der Waals surface area contributed by atoms with Crippen LogP contribution in [0.5, 0.6) is 0 Å². The van der Waals surface area contributed by atoms with E-state index >= 15 is 0 Å². The van der Waals surface area contributed by atoms with Crippen LogP contribution < -0.4 is 5.32 Å². The van der Waals surface area contributed by atoms with Crippen molar-refractivity contribution in [2.24, 2.45) is 5.41 Å². The Bertz CT molecular complexity index is 894. The van der Waals surface area contributed by atoms with Crippen molar-refractivity contribution in [2.75, 3.05) is 6.54 Å². The summed E-state index contributed by atoms with van der Waals surface area (Å²) >= 11 is 0. The molecule has 0 bridgehead atoms. The summed E-state index contributed by atoms with van der Waals surface area (Å²) in [6, 6.07) is 16.6. The van der Waals surface area contributed by atoms with E-state index in [-0.39, 0.29) is 17.1 Å². The maximum Gasteiger partial charge on any atom is 0.251 e. The fourth-order valence-corrected chi connectivity index (χ4v) is 3.08. The molecule has 0 spiro atoms. The summed E-state index contributed by atoms with van der Waals surface area (Å²) in [4.78, 5) is 24.0. The predicted octanol–water partition coefficient (Wildman–Crippen LogP) is 5.68. The molecular formula is C25H29NO2. The van der Waals surface area contributed by atoms with Gasteiger partial charge in [0.2, 0.25) is 0 Å². The number of benzene rings is 2. The third-order valence-electron chi connectivity index (χ3n) is 4.26. The van der Waals surface area contributed by atoms with Crippen molar-refractivity contribution in [1.82, 2.24) is 5.32 Å². The first-order chi connectivity index (χ1) is 13.2. The van der Waals surface area contributed by atoms with Gasteiger partial charge in [-0.3, -0.25) is 9.59 Å². The number of Topliss-reactive ketones (excluding diaryl/α,β-unsaturated/α-hetero) is 1. The van der Waals surface area contributed by atoms with Crippen molar-refractivity contribution in [2.45, 2.75) is 41.0 Å². The third kappa shape index (κ3) is 6.68. The van der Waals surface area contributed by atoms with Gasteiger partial charge in [0, 0.05) is 16.7 Å². The van der Waals surface area contributed by atoms with E-state index in [1.54, 1.807) is 19.1 Å². The first-order valence-corrected chi connectivity index (χ1v) is 9.55. The van der Waals surface area contributed by atoms with E-state index in [1.807, 2.05) is 42.5 Å². The molecule has 0 heterocycles. The highest BCUT2D eigenvalue weighted by Gasteiger charge is 2.12. The summed E-state index contributed by atoms with van der Waals surface area (Å²) in [7, 11) is 0. The first kappa shape index (κ1) is 21.4. The van der Waals surface area contributed by atoms with E-state index < -0.39 is 0 Å². The highest BCUT2D eigenvalue weighted by molar-refractivity contribution is 5.95. The number of amides is 1. The van der Waals surface area contributed by atoms with Crippen LogP contribution in [0.25, 0.3) is 5.57 Å². The summed E-state index contributed by atoms with van der Waals surface area (Å²) in [5, 5.41) is 2.98. The smallest absolute Gasteiger partial charge is 0.251 e. The van der Waals surface area contributed by atoms with Crippen LogP contribution in [0, 0.1) is 5.41 Å². The van der Waals surface area contributed by atoms with E-state index in [0.717, 1.165) is 23.1 Å². The van der Waals surface area contributed by atoms with Crippen LogP contribution in [0.2, 0.25) is 0 Å². The van der Waals surface area contributed by atoms with Gasteiger partial charge in [-0.05, 0) is 49.0 Å². The third-order valence-corrected chi connectivity index (χ3v) is 4.26. The summed E-state index contributed by atoms with van der Waals surface area (Å²) in [5.74, 6) is -0.0809. The lowest BCUT2D eigenvalue weighted by Gasteiger charge is -2.17. The Hall–Kier alpha value is -2.90. The molecule has 2 aromatic carbocycles. The monoisotopic (exact) mass is 375 g/mol. The summed E-state index contributed by atoms with van der Waals surface area (Å²) in [6.45, 7) is 10.6. The average molecular weight is 376 g/mol. The molecule has 0 aliphatic carbocycles. The van der Waals surface area contributed by atoms with Gasteiger partial charge in [-0.15, -0.1) is 5.73 Å². The number of hydrogen-bond acceptors (Lipinski definition) is 2. The average Bonchev–Trinajstić information content (AvgIpc) is 2.64. The minimum absolute atomic E-state index is 0.0360. The highest BCUT2D eigenvalue weighted by Crippen LogP contribution is 2.24. The van der Waals surface area contributed by atoms with Crippen molar-refractivity contribution in [3.63, 3.8) is 0 Å². The van der Waals surface area contributed by atoms with Gasteiger partial charge in [0.05, 0.1) is 6.54 Å². The van der Waals surface area contributed by atoms with Crippen LogP contribution in [0.1, 0.15) is 67.3 Å². The Labute approximate surface area is 168 Å². The lowest BCUT2D eigenvalue weighted by Crippen LogP contribution is -2.25. The maximum atomic E-state index is 12.4. The Kier molecular flexibility index (Phi) is 7.14. The van der Waals surface area contributed by atoms with Crippen LogP contribution in [0.15, 0.2) is 65.9 Å². The zero-order chi connectivity index (χ0) is 20.7. The van der Waals surface area contributed by atoms with E-state index in [2.05, 4.69) is 38.7 Å². The molecule has 0 atom stereocenters. The van der Waals surface area contributed by atoms with E-state index in [0.29, 0.717) is 17.7 Å². The van der Waals surface area contributed by atoms with Crippen LogP contribution >= 0.6 is 0 Å². The lowest BCUT2D eigenvalue weighted by molar-refractivity contribution is 0.0957. The molecule has 2 rings (SSSR count). The molecule has 3 heteroatoms. The van der Waals surface area contributed by atoms with Crippen LogP contribution in [0.3, 0.4) is 0 Å². The quantitative estimate of drug-likeness (QED) is 0.521. The van der Waals surface area contributed by atoms with Crippen molar-refractivity contribution < 1.29 is 9.59 Å². The van der Waals surface area contributed by atoms with Gasteiger partial charge in [-0.2, -0.15) is 0 Å². The maximum absolute atomic E-state index is 12.4. The molecule has 146 valence electrons. The zero-order valence-electron chi connectivity index (χ0n) is 17.4. The van der Waals surface area contributed by atoms with Crippen molar-refractivity contribution in [1.29, 1.82) is 0 Å². The topological polar surface area (TPSA) is 46.2 Å². The lowest BCUT2D eigenvalue weighted by atomic mass is 9.88. The second-order valence-corrected chi connectivity index (χ2v) is 8.30. The Morgan fingerprint density at radius 1 is 0.857 bits per heavy atom. The predicted molar refractivity (Wildman–Crippen MR) is 115 cm³/mol. The number of nitrogens with one attached hydrogen (secondary N) is 1. The molecule has 0 fully saturated rings. The van der Waals surface area contributed by atoms with Gasteiger partial charge in [-0.25, -0.2) is 0 Å². The molecule has 3 nitrogen and oxygen atoms in total. The molecule has 0 aliphatic rings. The molecule has 0 saturated carbocycles. The second-order valence-electron chi connectivity index (χ2n) is 8.30. The second kappa shape index (κ2) is 9.34. The number of carbonyl (C=O) groups is 2. The Morgan fingerprint density at radius 3 is 1.96 bits per heavy atom. The molecular weight excluding hydrogens is 346 g/mol. The summed E-state index contributed by atoms with van der Waals surface area (Å²) < 4.78 is 0. The molecule has 0 aromatic heterocycles. The number of hydrogen-bond donors (Lipinski definition) is 1. The largest absolute Gasteiger partial charge is 0.347 e. The first-order valence-electron chi connectivity index (χ1n) is 9.55. The van der Waals surface area contributed by atoms with Gasteiger partial charge in [-0.1, -0.05) is 63.2 Å². The zero-order valence-corrected chi connectivity index (χ0v) is 17.4.